The number of hydrogen-bond acceptors (Lipinski definition) is 12. The lowest BCUT2D eigenvalue weighted by molar-refractivity contribution is -0.0943. The summed E-state index contributed by atoms with van der Waals surface area (Å²) in [5.74, 6) is 1.58. The summed E-state index contributed by atoms with van der Waals surface area (Å²) in [6, 6.07) is 29.5. The normalized spacial score (nSPS) is 19.0. The zero-order chi connectivity index (χ0) is 44.5. The predicted octanol–water partition coefficient (Wildman–Crippen LogP) is 9.23. The molecule has 1 aromatic heterocycles. The molecule has 330 valence electrons. The molecule has 0 N–H and O–H groups in total. The van der Waals surface area contributed by atoms with Gasteiger partial charge in [0.25, 0.3) is 8.53 Å². The van der Waals surface area contributed by atoms with Gasteiger partial charge in [0, 0.05) is 24.3 Å². The summed E-state index contributed by atoms with van der Waals surface area (Å²) in [6.07, 6.45) is -1.65. The molecule has 3 aromatic carbocycles. The Bertz CT molecular complexity index is 2030. The molecule has 1 saturated heterocycles. The molecule has 5 rings (SSSR count). The lowest BCUT2D eigenvalue weighted by atomic mass is 9.80. The maximum atomic E-state index is 13.9. The second-order valence-electron chi connectivity index (χ2n) is 17.0. The average Bonchev–Trinajstić information content (AvgIpc) is 3.55. The smallest absolute Gasteiger partial charge is 0.353 e. The van der Waals surface area contributed by atoms with Crippen LogP contribution in [-0.2, 0) is 28.5 Å². The summed E-state index contributed by atoms with van der Waals surface area (Å²) in [6.45, 7) is 19.3. The van der Waals surface area contributed by atoms with Crippen LogP contribution in [0.2, 0.25) is 18.1 Å². The van der Waals surface area contributed by atoms with E-state index in [0.29, 0.717) is 11.5 Å². The number of rotatable bonds is 20. The van der Waals surface area contributed by atoms with E-state index in [2.05, 4.69) is 77.3 Å². The summed E-state index contributed by atoms with van der Waals surface area (Å²) < 4.78 is 55.7. The molecule has 4 aromatic rings. The van der Waals surface area contributed by atoms with Crippen LogP contribution in [0, 0.1) is 11.3 Å². The first-order valence-corrected chi connectivity index (χ1v) is 24.7. The first-order valence-electron chi connectivity index (χ1n) is 20.7. The van der Waals surface area contributed by atoms with Crippen molar-refractivity contribution in [3.8, 4) is 23.4 Å². The van der Waals surface area contributed by atoms with Crippen molar-refractivity contribution in [1.29, 1.82) is 5.26 Å². The highest BCUT2D eigenvalue weighted by Gasteiger charge is 2.54. The fraction of sp³-hybridized carbons (Fsp3) is 0.500. The van der Waals surface area contributed by atoms with Crippen molar-refractivity contribution in [1.82, 2.24) is 14.2 Å². The number of nitrogens with zero attached hydrogens (tertiary/aromatic N) is 4. The van der Waals surface area contributed by atoms with E-state index in [1.807, 2.05) is 78.9 Å². The summed E-state index contributed by atoms with van der Waals surface area (Å²) in [4.78, 5) is 18.1. The van der Waals surface area contributed by atoms with Crippen LogP contribution in [0.1, 0.15) is 77.8 Å². The van der Waals surface area contributed by atoms with Gasteiger partial charge in [-0.25, -0.2) is 9.46 Å². The van der Waals surface area contributed by atoms with Gasteiger partial charge in [0.2, 0.25) is 5.88 Å². The van der Waals surface area contributed by atoms with E-state index >= 15 is 0 Å². The molecule has 0 saturated carbocycles. The number of benzene rings is 3. The van der Waals surface area contributed by atoms with E-state index in [0.717, 1.165) is 16.7 Å². The van der Waals surface area contributed by atoms with Crippen LogP contribution in [0.4, 0.5) is 0 Å². The number of nitriles is 1. The fourth-order valence-electron chi connectivity index (χ4n) is 7.22. The molecular formula is C46H63N4O9PSi. The number of aromatic nitrogens is 2. The van der Waals surface area contributed by atoms with Gasteiger partial charge in [0.05, 0.1) is 47.0 Å². The minimum atomic E-state index is -2.62. The predicted molar refractivity (Wildman–Crippen MR) is 239 cm³/mol. The van der Waals surface area contributed by atoms with E-state index in [-0.39, 0.29) is 42.6 Å². The van der Waals surface area contributed by atoms with Gasteiger partial charge < -0.3 is 37.2 Å². The van der Waals surface area contributed by atoms with Gasteiger partial charge in [0.1, 0.15) is 35.4 Å². The molecule has 0 bridgehead atoms. The highest BCUT2D eigenvalue weighted by Crippen LogP contribution is 2.52. The molecule has 61 heavy (non-hydrogen) atoms. The van der Waals surface area contributed by atoms with E-state index < -0.39 is 52.7 Å². The van der Waals surface area contributed by atoms with Crippen LogP contribution in [0.5, 0.6) is 17.4 Å². The molecule has 0 radical (unpaired) electrons. The first-order chi connectivity index (χ1) is 29.0. The Morgan fingerprint density at radius 2 is 1.39 bits per heavy atom. The van der Waals surface area contributed by atoms with Crippen LogP contribution in [0.25, 0.3) is 0 Å². The maximum absolute atomic E-state index is 13.9. The van der Waals surface area contributed by atoms with E-state index in [4.69, 9.17) is 37.2 Å². The van der Waals surface area contributed by atoms with Crippen LogP contribution < -0.4 is 19.9 Å². The summed E-state index contributed by atoms with van der Waals surface area (Å²) in [5, 5.41) is 9.31. The Balaban J connectivity index is 1.73. The number of methoxy groups -OCH3 is 3. The largest absolute Gasteiger partial charge is 0.497 e. The van der Waals surface area contributed by atoms with Crippen molar-refractivity contribution in [3.05, 3.63) is 118 Å². The van der Waals surface area contributed by atoms with Crippen molar-refractivity contribution >= 4 is 16.8 Å². The Morgan fingerprint density at radius 3 is 1.87 bits per heavy atom. The Hall–Kier alpha value is -4.16. The minimum Gasteiger partial charge on any atom is -0.497 e. The topological polar surface area (TPSA) is 136 Å². The molecule has 1 aliphatic rings. The van der Waals surface area contributed by atoms with E-state index in [1.165, 1.54) is 11.7 Å². The third-order valence-corrected chi connectivity index (χ3v) is 17.9. The second-order valence-corrected chi connectivity index (χ2v) is 23.2. The van der Waals surface area contributed by atoms with Crippen molar-refractivity contribution in [3.63, 3.8) is 0 Å². The molecule has 0 amide bonds. The van der Waals surface area contributed by atoms with Gasteiger partial charge in [-0.3, -0.25) is 4.57 Å². The van der Waals surface area contributed by atoms with Crippen molar-refractivity contribution in [2.24, 2.45) is 0 Å². The molecule has 1 aliphatic heterocycles. The lowest BCUT2D eigenvalue weighted by Gasteiger charge is -2.42. The molecule has 15 heteroatoms. The first kappa shape index (κ1) is 47.9. The summed E-state index contributed by atoms with van der Waals surface area (Å²) in [7, 11) is 0.322. The van der Waals surface area contributed by atoms with Crippen LogP contribution in [-0.4, -0.2) is 87.5 Å². The van der Waals surface area contributed by atoms with Crippen LogP contribution in [0.3, 0.4) is 0 Å². The third-order valence-electron chi connectivity index (χ3n) is 11.3. The van der Waals surface area contributed by atoms with Gasteiger partial charge in [-0.1, -0.05) is 75.4 Å². The van der Waals surface area contributed by atoms with Crippen molar-refractivity contribution < 1.29 is 37.2 Å². The quantitative estimate of drug-likeness (QED) is 0.0363. The minimum absolute atomic E-state index is 0.0186. The van der Waals surface area contributed by atoms with E-state index in [9.17, 15) is 10.1 Å². The molecule has 13 nitrogen and oxygen atoms in total. The zero-order valence-corrected chi connectivity index (χ0v) is 39.6. The zero-order valence-electron chi connectivity index (χ0n) is 37.7. The number of ether oxygens (including phenoxy) is 5. The second kappa shape index (κ2) is 20.8. The Kier molecular flexibility index (Phi) is 16.3. The van der Waals surface area contributed by atoms with Gasteiger partial charge >= 0.3 is 5.69 Å². The van der Waals surface area contributed by atoms with Gasteiger partial charge in [-0.05, 0) is 86.8 Å². The highest BCUT2D eigenvalue weighted by atomic mass is 31.2. The SMILES string of the molecule is COc1ccc(C(OC[C@H]2O[C@@H](n3ccc(OC)nc3=O)[C@H](O[Si](C)(C)C(C)(C)C)[C@@H]2OP(OCCC#N)N(C(C)C)C(C)C)(c2ccccc2)c2ccc(OC)cc2)cc1. The molecule has 5 atom stereocenters. The molecule has 0 spiro atoms. The van der Waals surface area contributed by atoms with Crippen molar-refractivity contribution in [2.45, 2.75) is 115 Å². The highest BCUT2D eigenvalue weighted by molar-refractivity contribution is 7.44. The van der Waals surface area contributed by atoms with Gasteiger partial charge in [-0.15, -0.1) is 0 Å². The van der Waals surface area contributed by atoms with Crippen molar-refractivity contribution in [2.75, 3.05) is 34.5 Å². The monoisotopic (exact) mass is 874 g/mol. The fourth-order valence-corrected chi connectivity index (χ4v) is 10.3. The standard InChI is InChI=1S/C46H63N4O9PSi/c1-32(2)50(33(3)4)60(56-30-16-28-47)58-41-39(57-43(42(41)59-61(11,12)45(5,6)7)49-29-27-40(54-10)48-44(49)51)31-55-46(34-17-14-13-15-18-34,35-19-23-37(52-8)24-20-35)36-21-25-38(53-9)26-22-36/h13-15,17-27,29,32-33,39,41-43H,16,30-31H2,1-12H3/t39-,41-,42-,43-,60?/m1/s1. The van der Waals surface area contributed by atoms with Crippen LogP contribution >= 0.6 is 8.53 Å². The maximum Gasteiger partial charge on any atom is 0.353 e. The third kappa shape index (κ3) is 10.9. The molecule has 1 unspecified atom stereocenters. The molecule has 0 aliphatic carbocycles. The Morgan fingerprint density at radius 1 is 0.836 bits per heavy atom. The lowest BCUT2D eigenvalue weighted by Crippen LogP contribution is -2.50. The number of hydrogen-bond donors (Lipinski definition) is 0. The average molecular weight is 875 g/mol. The molecule has 1 fully saturated rings. The summed E-state index contributed by atoms with van der Waals surface area (Å²) in [5.41, 5.74) is 0.802. The molecule has 2 heterocycles. The Labute approximate surface area is 363 Å². The van der Waals surface area contributed by atoms with Gasteiger partial charge in [-0.2, -0.15) is 10.2 Å². The molecular weight excluding hydrogens is 812 g/mol. The van der Waals surface area contributed by atoms with Crippen LogP contribution in [0.15, 0.2) is 95.9 Å². The van der Waals surface area contributed by atoms with Gasteiger partial charge in [0.15, 0.2) is 14.5 Å². The van der Waals surface area contributed by atoms with E-state index in [1.54, 1.807) is 26.5 Å². The summed E-state index contributed by atoms with van der Waals surface area (Å²) >= 11 is 0.